The summed E-state index contributed by atoms with van der Waals surface area (Å²) in [6.45, 7) is 1.46. The van der Waals surface area contributed by atoms with Crippen molar-refractivity contribution >= 4 is 11.6 Å². The minimum absolute atomic E-state index is 0.239. The fourth-order valence-electron chi connectivity index (χ4n) is 1.08. The number of nitrogens with two attached hydrogens (primary N) is 1. The van der Waals surface area contributed by atoms with E-state index in [9.17, 15) is 20.0 Å². The third-order valence-corrected chi connectivity index (χ3v) is 1.78. The van der Waals surface area contributed by atoms with E-state index in [2.05, 4.69) is 0 Å². The average molecular weight is 196 g/mol. The molecule has 1 aromatic carbocycles. The van der Waals surface area contributed by atoms with E-state index in [4.69, 9.17) is 5.73 Å². The van der Waals surface area contributed by atoms with Gasteiger partial charge in [0.1, 0.15) is 5.75 Å². The Bertz CT molecular complexity index is 379. The Hall–Kier alpha value is -2.11. The zero-order valence-electron chi connectivity index (χ0n) is 7.35. The number of primary amides is 1. The molecule has 3 N–H and O–H groups in total. The minimum Gasteiger partial charge on any atom is -0.507 e. The summed E-state index contributed by atoms with van der Waals surface area (Å²) in [6.07, 6.45) is 0. The van der Waals surface area contributed by atoms with Crippen LogP contribution in [0.5, 0.6) is 5.75 Å². The summed E-state index contributed by atoms with van der Waals surface area (Å²) in [5, 5.41) is 19.7. The van der Waals surface area contributed by atoms with Gasteiger partial charge >= 0.3 is 0 Å². The van der Waals surface area contributed by atoms with Crippen LogP contribution in [0.25, 0.3) is 0 Å². The molecule has 0 aromatic heterocycles. The summed E-state index contributed by atoms with van der Waals surface area (Å²) in [4.78, 5) is 20.6. The van der Waals surface area contributed by atoms with Crippen molar-refractivity contribution in [2.24, 2.45) is 5.73 Å². The number of nitro groups is 1. The number of amides is 1. The number of aryl methyl sites for hydroxylation is 1. The lowest BCUT2D eigenvalue weighted by Crippen LogP contribution is -2.11. The van der Waals surface area contributed by atoms with E-state index < -0.39 is 10.8 Å². The zero-order valence-corrected chi connectivity index (χ0v) is 7.35. The van der Waals surface area contributed by atoms with Gasteiger partial charge in [0, 0.05) is 11.6 Å². The van der Waals surface area contributed by atoms with Gasteiger partial charge in [-0.15, -0.1) is 0 Å². The molecule has 0 aliphatic rings. The van der Waals surface area contributed by atoms with Crippen LogP contribution in [0.1, 0.15) is 15.9 Å². The van der Waals surface area contributed by atoms with Gasteiger partial charge < -0.3 is 10.8 Å². The first-order valence-corrected chi connectivity index (χ1v) is 3.71. The van der Waals surface area contributed by atoms with Crippen LogP contribution in [0.2, 0.25) is 0 Å². The molecule has 0 fully saturated rings. The highest BCUT2D eigenvalue weighted by molar-refractivity contribution is 5.96. The first kappa shape index (κ1) is 9.97. The number of carbonyl (C=O) groups excluding carboxylic acids is 1. The van der Waals surface area contributed by atoms with Crippen molar-refractivity contribution in [3.63, 3.8) is 0 Å². The van der Waals surface area contributed by atoms with Gasteiger partial charge in [0.05, 0.1) is 10.5 Å². The van der Waals surface area contributed by atoms with E-state index in [0.717, 1.165) is 12.1 Å². The van der Waals surface area contributed by atoms with Crippen LogP contribution < -0.4 is 5.73 Å². The van der Waals surface area contributed by atoms with Gasteiger partial charge in [0.2, 0.25) is 0 Å². The Morgan fingerprint density at radius 2 is 2.14 bits per heavy atom. The lowest BCUT2D eigenvalue weighted by atomic mass is 10.1. The lowest BCUT2D eigenvalue weighted by Gasteiger charge is -2.02. The fourth-order valence-corrected chi connectivity index (χ4v) is 1.08. The summed E-state index contributed by atoms with van der Waals surface area (Å²) in [5.41, 5.74) is 4.70. The van der Waals surface area contributed by atoms with Crippen LogP contribution >= 0.6 is 0 Å². The molecule has 6 nitrogen and oxygen atoms in total. The molecule has 0 aliphatic heterocycles. The topological polar surface area (TPSA) is 106 Å². The molecule has 1 amide bonds. The van der Waals surface area contributed by atoms with Gasteiger partial charge in [-0.3, -0.25) is 14.9 Å². The number of benzene rings is 1. The van der Waals surface area contributed by atoms with E-state index in [1.807, 2.05) is 0 Å². The molecule has 74 valence electrons. The highest BCUT2D eigenvalue weighted by Crippen LogP contribution is 2.26. The number of carbonyl (C=O) groups is 1. The monoisotopic (exact) mass is 196 g/mol. The molecule has 0 aliphatic carbocycles. The van der Waals surface area contributed by atoms with E-state index in [-0.39, 0.29) is 22.6 Å². The Labute approximate surface area is 79.1 Å². The van der Waals surface area contributed by atoms with Crippen LogP contribution in [-0.2, 0) is 0 Å². The van der Waals surface area contributed by atoms with Gasteiger partial charge in [0.15, 0.2) is 0 Å². The number of nitro benzene ring substituents is 1. The molecule has 0 bridgehead atoms. The normalized spacial score (nSPS) is 9.79. The average Bonchev–Trinajstić information content (AvgIpc) is 2.02. The van der Waals surface area contributed by atoms with Crippen LogP contribution in [0.3, 0.4) is 0 Å². The number of aromatic hydroxyl groups is 1. The van der Waals surface area contributed by atoms with Crippen LogP contribution in [0.4, 0.5) is 5.69 Å². The Kier molecular flexibility index (Phi) is 2.37. The number of rotatable bonds is 2. The minimum atomic E-state index is -0.898. The molecule has 0 spiro atoms. The molecule has 0 saturated carbocycles. The molecule has 0 heterocycles. The molecule has 0 unspecified atom stereocenters. The summed E-state index contributed by atoms with van der Waals surface area (Å²) >= 11 is 0. The lowest BCUT2D eigenvalue weighted by molar-refractivity contribution is -0.385. The SMILES string of the molecule is Cc1cc(O)c(C(N)=O)cc1[N+](=O)[O-]. The standard InChI is InChI=1S/C8H8N2O4/c1-4-2-7(11)5(8(9)12)3-6(4)10(13)14/h2-3,11H,1H3,(H2,9,12). The zero-order chi connectivity index (χ0) is 10.9. The quantitative estimate of drug-likeness (QED) is 0.536. The number of phenols is 1. The highest BCUT2D eigenvalue weighted by atomic mass is 16.6. The van der Waals surface area contributed by atoms with Gasteiger partial charge in [-0.1, -0.05) is 0 Å². The van der Waals surface area contributed by atoms with Crippen molar-refractivity contribution in [2.45, 2.75) is 6.92 Å². The van der Waals surface area contributed by atoms with Crippen molar-refractivity contribution in [2.75, 3.05) is 0 Å². The fraction of sp³-hybridized carbons (Fsp3) is 0.125. The van der Waals surface area contributed by atoms with Crippen molar-refractivity contribution in [1.29, 1.82) is 0 Å². The molecule has 0 radical (unpaired) electrons. The Balaban J connectivity index is 3.42. The summed E-state index contributed by atoms with van der Waals surface area (Å²) < 4.78 is 0. The van der Waals surface area contributed by atoms with Gasteiger partial charge in [-0.05, 0) is 13.0 Å². The maximum atomic E-state index is 10.7. The van der Waals surface area contributed by atoms with E-state index in [1.165, 1.54) is 6.92 Å². The second-order valence-electron chi connectivity index (χ2n) is 2.78. The molecular formula is C8H8N2O4. The number of hydrogen-bond acceptors (Lipinski definition) is 4. The Morgan fingerprint density at radius 3 is 2.57 bits per heavy atom. The van der Waals surface area contributed by atoms with Crippen molar-refractivity contribution < 1.29 is 14.8 Å². The second kappa shape index (κ2) is 3.33. The Morgan fingerprint density at radius 1 is 1.57 bits per heavy atom. The molecule has 6 heteroatoms. The summed E-state index contributed by atoms with van der Waals surface area (Å²) in [5.74, 6) is -1.24. The number of nitrogens with zero attached hydrogens (tertiary/aromatic N) is 1. The van der Waals surface area contributed by atoms with Crippen molar-refractivity contribution in [3.8, 4) is 5.75 Å². The third kappa shape index (κ3) is 1.63. The van der Waals surface area contributed by atoms with Crippen LogP contribution in [0, 0.1) is 17.0 Å². The molecule has 0 saturated heterocycles. The number of hydrogen-bond donors (Lipinski definition) is 2. The second-order valence-corrected chi connectivity index (χ2v) is 2.78. The maximum absolute atomic E-state index is 10.7. The van der Waals surface area contributed by atoms with Crippen molar-refractivity contribution in [1.82, 2.24) is 0 Å². The third-order valence-electron chi connectivity index (χ3n) is 1.78. The molecule has 0 atom stereocenters. The highest BCUT2D eigenvalue weighted by Gasteiger charge is 2.17. The molecular weight excluding hydrogens is 188 g/mol. The smallest absolute Gasteiger partial charge is 0.273 e. The van der Waals surface area contributed by atoms with Crippen LogP contribution in [0.15, 0.2) is 12.1 Å². The summed E-state index contributed by atoms with van der Waals surface area (Å²) in [6, 6.07) is 2.10. The van der Waals surface area contributed by atoms with Crippen molar-refractivity contribution in [3.05, 3.63) is 33.4 Å². The van der Waals surface area contributed by atoms with Gasteiger partial charge in [-0.25, -0.2) is 0 Å². The largest absolute Gasteiger partial charge is 0.507 e. The molecule has 1 aromatic rings. The first-order valence-electron chi connectivity index (χ1n) is 3.71. The van der Waals surface area contributed by atoms with Gasteiger partial charge in [-0.2, -0.15) is 0 Å². The van der Waals surface area contributed by atoms with Crippen LogP contribution in [-0.4, -0.2) is 15.9 Å². The van der Waals surface area contributed by atoms with E-state index in [0.29, 0.717) is 0 Å². The molecule has 1 rings (SSSR count). The van der Waals surface area contributed by atoms with E-state index in [1.54, 1.807) is 0 Å². The predicted octanol–water partition coefficient (Wildman–Crippen LogP) is 0.708. The molecule has 14 heavy (non-hydrogen) atoms. The van der Waals surface area contributed by atoms with E-state index >= 15 is 0 Å². The maximum Gasteiger partial charge on any atom is 0.273 e. The predicted molar refractivity (Wildman–Crippen MR) is 48.0 cm³/mol. The summed E-state index contributed by atoms with van der Waals surface area (Å²) in [7, 11) is 0. The van der Waals surface area contributed by atoms with Gasteiger partial charge in [0.25, 0.3) is 11.6 Å². The first-order chi connectivity index (χ1) is 6.43.